The topological polar surface area (TPSA) is 41.6 Å². The van der Waals surface area contributed by atoms with Crippen LogP contribution in [-0.4, -0.2) is 26.1 Å². The SMILES string of the molecule is COCc1c(C(=O)Nc2cc(F)ccc2N2CCCCC2)sc2cccc(F)c12. The number of nitrogens with one attached hydrogen (secondary N) is 1. The van der Waals surface area contributed by atoms with Crippen LogP contribution in [0.1, 0.15) is 34.5 Å². The van der Waals surface area contributed by atoms with Crippen molar-refractivity contribution in [3.05, 3.63) is 58.5 Å². The Kier molecular flexibility index (Phi) is 5.78. The van der Waals surface area contributed by atoms with Crippen LogP contribution in [0.2, 0.25) is 0 Å². The molecule has 1 fully saturated rings. The van der Waals surface area contributed by atoms with Gasteiger partial charge < -0.3 is 15.0 Å². The van der Waals surface area contributed by atoms with Crippen LogP contribution in [0.3, 0.4) is 0 Å². The third-order valence-electron chi connectivity index (χ3n) is 5.16. The minimum Gasteiger partial charge on any atom is -0.380 e. The zero-order valence-electron chi connectivity index (χ0n) is 16.1. The van der Waals surface area contributed by atoms with Crippen LogP contribution < -0.4 is 10.2 Å². The second-order valence-corrected chi connectivity index (χ2v) is 8.17. The van der Waals surface area contributed by atoms with Crippen molar-refractivity contribution in [2.45, 2.75) is 25.9 Å². The van der Waals surface area contributed by atoms with Gasteiger partial charge in [-0.15, -0.1) is 11.3 Å². The molecule has 1 aliphatic rings. The average molecular weight is 416 g/mol. The molecule has 0 atom stereocenters. The van der Waals surface area contributed by atoms with Gasteiger partial charge in [-0.25, -0.2) is 8.78 Å². The molecule has 0 saturated carbocycles. The number of piperidine rings is 1. The fourth-order valence-electron chi connectivity index (χ4n) is 3.83. The van der Waals surface area contributed by atoms with Gasteiger partial charge in [-0.3, -0.25) is 4.79 Å². The molecule has 1 aliphatic heterocycles. The Hall–Kier alpha value is -2.51. The summed E-state index contributed by atoms with van der Waals surface area (Å²) in [5.74, 6) is -1.19. The molecule has 0 radical (unpaired) electrons. The smallest absolute Gasteiger partial charge is 0.266 e. The maximum atomic E-state index is 14.4. The number of nitrogens with zero attached hydrogens (tertiary/aromatic N) is 1. The second-order valence-electron chi connectivity index (χ2n) is 7.12. The third kappa shape index (κ3) is 3.97. The first-order chi connectivity index (χ1) is 14.1. The summed E-state index contributed by atoms with van der Waals surface area (Å²) < 4.78 is 34.2. The number of carbonyl (C=O) groups is 1. The maximum Gasteiger partial charge on any atom is 0.266 e. The summed E-state index contributed by atoms with van der Waals surface area (Å²) in [4.78, 5) is 15.7. The molecule has 29 heavy (non-hydrogen) atoms. The van der Waals surface area contributed by atoms with E-state index in [2.05, 4.69) is 10.2 Å². The van der Waals surface area contributed by atoms with E-state index in [1.54, 1.807) is 18.2 Å². The van der Waals surface area contributed by atoms with Crippen LogP contribution in [0, 0.1) is 11.6 Å². The molecule has 7 heteroatoms. The predicted molar refractivity (Wildman–Crippen MR) is 113 cm³/mol. The van der Waals surface area contributed by atoms with E-state index in [0.717, 1.165) is 31.6 Å². The molecule has 3 aromatic rings. The highest BCUT2D eigenvalue weighted by Gasteiger charge is 2.23. The van der Waals surface area contributed by atoms with Crippen molar-refractivity contribution in [2.24, 2.45) is 0 Å². The van der Waals surface area contributed by atoms with Gasteiger partial charge in [-0.05, 0) is 49.6 Å². The van der Waals surface area contributed by atoms with Gasteiger partial charge in [0.2, 0.25) is 0 Å². The lowest BCUT2D eigenvalue weighted by atomic mass is 10.1. The van der Waals surface area contributed by atoms with Gasteiger partial charge in [0.1, 0.15) is 11.6 Å². The second kappa shape index (κ2) is 8.47. The lowest BCUT2D eigenvalue weighted by Gasteiger charge is -2.30. The van der Waals surface area contributed by atoms with Crippen LogP contribution >= 0.6 is 11.3 Å². The Morgan fingerprint density at radius 1 is 1.17 bits per heavy atom. The summed E-state index contributed by atoms with van der Waals surface area (Å²) in [5, 5.41) is 3.26. The largest absolute Gasteiger partial charge is 0.380 e. The van der Waals surface area contributed by atoms with Crippen LogP contribution in [0.25, 0.3) is 10.1 Å². The first-order valence-corrected chi connectivity index (χ1v) is 10.4. The maximum absolute atomic E-state index is 14.4. The highest BCUT2D eigenvalue weighted by Crippen LogP contribution is 2.35. The number of benzene rings is 2. The fraction of sp³-hybridized carbons (Fsp3) is 0.318. The number of hydrogen-bond acceptors (Lipinski definition) is 4. The van der Waals surface area contributed by atoms with Gasteiger partial charge in [0, 0.05) is 35.8 Å². The van der Waals surface area contributed by atoms with Gasteiger partial charge in [0.15, 0.2) is 0 Å². The van der Waals surface area contributed by atoms with E-state index >= 15 is 0 Å². The molecule has 0 unspecified atom stereocenters. The predicted octanol–water partition coefficient (Wildman–Crippen LogP) is 5.57. The lowest BCUT2D eigenvalue weighted by molar-refractivity contribution is 0.102. The minimum atomic E-state index is -0.416. The van der Waals surface area contributed by atoms with Crippen molar-refractivity contribution < 1.29 is 18.3 Å². The Labute approximate surface area is 172 Å². The summed E-state index contributed by atoms with van der Waals surface area (Å²) in [5.41, 5.74) is 1.75. The van der Waals surface area contributed by atoms with E-state index in [1.807, 2.05) is 0 Å². The van der Waals surface area contributed by atoms with Gasteiger partial charge in [0.05, 0.1) is 22.9 Å². The van der Waals surface area contributed by atoms with Crippen molar-refractivity contribution >= 4 is 38.7 Å². The molecule has 1 aromatic heterocycles. The van der Waals surface area contributed by atoms with Crippen molar-refractivity contribution in [2.75, 3.05) is 30.4 Å². The molecule has 1 amide bonds. The molecular formula is C22H22F2N2O2S. The van der Waals surface area contributed by atoms with E-state index in [4.69, 9.17) is 4.74 Å². The number of amides is 1. The first-order valence-electron chi connectivity index (χ1n) is 9.63. The first kappa shape index (κ1) is 19.8. The number of halogens is 2. The molecule has 2 heterocycles. The van der Waals surface area contributed by atoms with E-state index in [-0.39, 0.29) is 18.3 Å². The number of thiophene rings is 1. The van der Waals surface area contributed by atoms with Crippen molar-refractivity contribution in [1.29, 1.82) is 0 Å². The third-order valence-corrected chi connectivity index (χ3v) is 6.36. The Morgan fingerprint density at radius 2 is 1.97 bits per heavy atom. The molecule has 4 nitrogen and oxygen atoms in total. The normalized spacial score (nSPS) is 14.4. The summed E-state index contributed by atoms with van der Waals surface area (Å²) >= 11 is 1.21. The zero-order chi connectivity index (χ0) is 20.4. The monoisotopic (exact) mass is 416 g/mol. The Bertz CT molecular complexity index is 1040. The minimum absolute atomic E-state index is 0.117. The number of rotatable bonds is 5. The van der Waals surface area contributed by atoms with E-state index in [9.17, 15) is 13.6 Å². The van der Waals surface area contributed by atoms with Crippen molar-refractivity contribution in [3.8, 4) is 0 Å². The van der Waals surface area contributed by atoms with Crippen LogP contribution in [0.15, 0.2) is 36.4 Å². The van der Waals surface area contributed by atoms with Crippen LogP contribution in [0.4, 0.5) is 20.2 Å². The Morgan fingerprint density at radius 3 is 2.72 bits per heavy atom. The highest BCUT2D eigenvalue weighted by atomic mass is 32.1. The molecule has 152 valence electrons. The van der Waals surface area contributed by atoms with Gasteiger partial charge >= 0.3 is 0 Å². The number of anilines is 2. The molecule has 1 saturated heterocycles. The van der Waals surface area contributed by atoms with Crippen LogP contribution in [0.5, 0.6) is 0 Å². The standard InChI is InChI=1S/C22H22F2N2O2S/c1-28-13-15-20-16(24)6-5-7-19(20)29-21(15)22(27)25-17-12-14(23)8-9-18(17)26-10-3-2-4-11-26/h5-9,12H,2-4,10-11,13H2,1H3,(H,25,27). The Balaban J connectivity index is 1.71. The number of hydrogen-bond donors (Lipinski definition) is 1. The summed E-state index contributed by atoms with van der Waals surface area (Å²) in [7, 11) is 1.51. The van der Waals surface area contributed by atoms with Gasteiger partial charge in [-0.1, -0.05) is 6.07 Å². The average Bonchev–Trinajstić information content (AvgIpc) is 3.09. The van der Waals surface area contributed by atoms with Crippen molar-refractivity contribution in [1.82, 2.24) is 0 Å². The van der Waals surface area contributed by atoms with Gasteiger partial charge in [0.25, 0.3) is 5.91 Å². The summed E-state index contributed by atoms with van der Waals surface area (Å²) in [6, 6.07) is 9.22. The van der Waals surface area contributed by atoms with E-state index in [0.29, 0.717) is 26.2 Å². The molecule has 4 rings (SSSR count). The lowest BCUT2D eigenvalue weighted by Crippen LogP contribution is -2.30. The molecule has 1 N–H and O–H groups in total. The zero-order valence-corrected chi connectivity index (χ0v) is 17.0. The number of carbonyl (C=O) groups excluding carboxylic acids is 1. The quantitative estimate of drug-likeness (QED) is 0.591. The molecule has 0 bridgehead atoms. The van der Waals surface area contributed by atoms with Crippen LogP contribution in [-0.2, 0) is 11.3 Å². The molecule has 0 aliphatic carbocycles. The van der Waals surface area contributed by atoms with Gasteiger partial charge in [-0.2, -0.15) is 0 Å². The van der Waals surface area contributed by atoms with Crippen molar-refractivity contribution in [3.63, 3.8) is 0 Å². The fourth-order valence-corrected chi connectivity index (χ4v) is 4.95. The highest BCUT2D eigenvalue weighted by molar-refractivity contribution is 7.21. The number of methoxy groups -OCH3 is 1. The van der Waals surface area contributed by atoms with E-state index < -0.39 is 5.82 Å². The molecule has 0 spiro atoms. The van der Waals surface area contributed by atoms with E-state index in [1.165, 1.54) is 43.1 Å². The molecular weight excluding hydrogens is 394 g/mol. The number of ether oxygens (including phenoxy) is 1. The summed E-state index contributed by atoms with van der Waals surface area (Å²) in [6.45, 7) is 1.86. The molecule has 2 aromatic carbocycles. The summed E-state index contributed by atoms with van der Waals surface area (Å²) in [6.07, 6.45) is 3.31. The number of fused-ring (bicyclic) bond motifs is 1.